The fraction of sp³-hybridized carbons (Fsp3) is 0.333. The topological polar surface area (TPSA) is 81.1 Å². The van der Waals surface area contributed by atoms with Crippen LogP contribution in [0.2, 0.25) is 0 Å². The van der Waals surface area contributed by atoms with Gasteiger partial charge in [-0.1, -0.05) is 55.8 Å². The van der Waals surface area contributed by atoms with Gasteiger partial charge in [-0.15, -0.1) is 0 Å². The number of sulfonamides is 1. The van der Waals surface area contributed by atoms with E-state index in [1.165, 1.54) is 6.07 Å². The van der Waals surface area contributed by atoms with Crippen molar-refractivity contribution in [2.75, 3.05) is 4.72 Å². The molecule has 0 aliphatic carbocycles. The summed E-state index contributed by atoms with van der Waals surface area (Å²) in [6.07, 6.45) is 3.42. The third-order valence-corrected chi connectivity index (χ3v) is 6.55. The van der Waals surface area contributed by atoms with Crippen LogP contribution in [-0.4, -0.2) is 30.0 Å². The number of carbonyl (C=O) groups is 1. The zero-order valence-electron chi connectivity index (χ0n) is 18.9. The highest BCUT2D eigenvalue weighted by atomic mass is 32.2. The smallest absolute Gasteiger partial charge is 0.296 e. The van der Waals surface area contributed by atoms with Crippen LogP contribution in [-0.2, 0) is 29.4 Å². The standard InChI is InChI=1S/C24H26F3N3O3S/c1-3-5-11-21-20(23(16-31)30(4-2)28-21)14-17-12-13-19(18-9-7-6-8-10-18)22(15-17)29-34(32,33)24(25,26)27/h6-10,12-13,15-16,29H,3-5,11,14H2,1-2H3. The van der Waals surface area contributed by atoms with Crippen molar-refractivity contribution in [3.05, 3.63) is 71.0 Å². The quantitative estimate of drug-likeness (QED) is 0.374. The van der Waals surface area contributed by atoms with Crippen LogP contribution in [0, 0.1) is 0 Å². The lowest BCUT2D eigenvalue weighted by molar-refractivity contribution is -0.0429. The van der Waals surface area contributed by atoms with Gasteiger partial charge in [0.25, 0.3) is 0 Å². The van der Waals surface area contributed by atoms with Gasteiger partial charge in [-0.2, -0.15) is 26.7 Å². The Hall–Kier alpha value is -3.14. The largest absolute Gasteiger partial charge is 0.516 e. The van der Waals surface area contributed by atoms with E-state index < -0.39 is 15.5 Å². The highest BCUT2D eigenvalue weighted by molar-refractivity contribution is 7.93. The highest BCUT2D eigenvalue weighted by Gasteiger charge is 2.46. The summed E-state index contributed by atoms with van der Waals surface area (Å²) in [5.41, 5.74) is -2.36. The zero-order chi connectivity index (χ0) is 24.9. The maximum Gasteiger partial charge on any atom is 0.516 e. The lowest BCUT2D eigenvalue weighted by Gasteiger charge is -2.16. The molecule has 34 heavy (non-hydrogen) atoms. The Morgan fingerprint density at radius 2 is 1.79 bits per heavy atom. The van der Waals surface area contributed by atoms with Gasteiger partial charge in [-0.3, -0.25) is 14.2 Å². The Bertz CT molecular complexity index is 1250. The first-order chi connectivity index (χ1) is 16.1. The lowest BCUT2D eigenvalue weighted by atomic mass is 9.96. The van der Waals surface area contributed by atoms with Crippen molar-refractivity contribution in [1.82, 2.24) is 9.78 Å². The number of nitrogens with zero attached hydrogens (tertiary/aromatic N) is 2. The summed E-state index contributed by atoms with van der Waals surface area (Å²) in [4.78, 5) is 11.8. The summed E-state index contributed by atoms with van der Waals surface area (Å²) in [6, 6.07) is 13.2. The second-order valence-electron chi connectivity index (χ2n) is 7.82. The molecule has 0 bridgehead atoms. The summed E-state index contributed by atoms with van der Waals surface area (Å²) < 4.78 is 66.4. The molecule has 0 amide bonds. The summed E-state index contributed by atoms with van der Waals surface area (Å²) >= 11 is 0. The predicted molar refractivity (Wildman–Crippen MR) is 125 cm³/mol. The van der Waals surface area contributed by atoms with Gasteiger partial charge in [-0.25, -0.2) is 0 Å². The van der Waals surface area contributed by atoms with Crippen LogP contribution >= 0.6 is 0 Å². The average Bonchev–Trinajstić information content (AvgIpc) is 3.13. The number of aryl methyl sites for hydroxylation is 2. The first kappa shape index (κ1) is 25.5. The predicted octanol–water partition coefficient (Wildman–Crippen LogP) is 5.58. The minimum absolute atomic E-state index is 0.188. The van der Waals surface area contributed by atoms with Crippen LogP contribution in [0.3, 0.4) is 0 Å². The number of rotatable bonds is 10. The van der Waals surface area contributed by atoms with Gasteiger partial charge in [0.2, 0.25) is 0 Å². The fourth-order valence-corrected chi connectivity index (χ4v) is 4.31. The van der Waals surface area contributed by atoms with E-state index in [1.54, 1.807) is 51.9 Å². The third-order valence-electron chi connectivity index (χ3n) is 5.45. The molecule has 182 valence electrons. The van der Waals surface area contributed by atoms with Gasteiger partial charge >= 0.3 is 15.5 Å². The van der Waals surface area contributed by atoms with Gasteiger partial charge in [0.15, 0.2) is 6.29 Å². The number of hydrogen-bond acceptors (Lipinski definition) is 4. The van der Waals surface area contributed by atoms with E-state index in [1.807, 2.05) is 13.8 Å². The molecule has 0 atom stereocenters. The molecule has 0 fully saturated rings. The molecule has 0 aliphatic heterocycles. The lowest BCUT2D eigenvalue weighted by Crippen LogP contribution is -2.30. The number of unbranched alkanes of at least 4 members (excludes halogenated alkanes) is 1. The minimum Gasteiger partial charge on any atom is -0.296 e. The maximum atomic E-state index is 13.1. The summed E-state index contributed by atoms with van der Waals surface area (Å²) in [5.74, 6) is 0. The molecule has 0 saturated heterocycles. The molecule has 0 radical (unpaired) electrons. The summed E-state index contributed by atoms with van der Waals surface area (Å²) in [6.45, 7) is 4.40. The number of halogens is 3. The molecule has 0 spiro atoms. The molecule has 1 N–H and O–H groups in total. The van der Waals surface area contributed by atoms with Gasteiger partial charge in [0.1, 0.15) is 5.69 Å². The first-order valence-electron chi connectivity index (χ1n) is 10.9. The number of benzene rings is 2. The second-order valence-corrected chi connectivity index (χ2v) is 9.50. The summed E-state index contributed by atoms with van der Waals surface area (Å²) in [7, 11) is -5.63. The number of aldehydes is 1. The van der Waals surface area contributed by atoms with E-state index in [0.717, 1.165) is 24.8 Å². The van der Waals surface area contributed by atoms with Crippen molar-refractivity contribution >= 4 is 22.0 Å². The summed E-state index contributed by atoms with van der Waals surface area (Å²) in [5, 5.41) is 4.54. The number of nitrogens with one attached hydrogen (secondary N) is 1. The molecular weight excluding hydrogens is 467 g/mol. The minimum atomic E-state index is -5.63. The number of aromatic nitrogens is 2. The van der Waals surface area contributed by atoms with Crippen molar-refractivity contribution in [1.29, 1.82) is 0 Å². The van der Waals surface area contributed by atoms with E-state index in [9.17, 15) is 26.4 Å². The highest BCUT2D eigenvalue weighted by Crippen LogP contribution is 2.34. The van der Waals surface area contributed by atoms with Gasteiger partial charge in [0, 0.05) is 24.1 Å². The molecule has 1 aromatic heterocycles. The number of alkyl halides is 3. The molecule has 6 nitrogen and oxygen atoms in total. The number of carbonyl (C=O) groups excluding carboxylic acids is 1. The Kier molecular flexibility index (Phi) is 7.81. The van der Waals surface area contributed by atoms with Crippen molar-refractivity contribution in [2.24, 2.45) is 0 Å². The Morgan fingerprint density at radius 1 is 1.09 bits per heavy atom. The van der Waals surface area contributed by atoms with Crippen LogP contribution < -0.4 is 4.72 Å². The first-order valence-corrected chi connectivity index (χ1v) is 12.4. The van der Waals surface area contributed by atoms with Crippen molar-refractivity contribution in [2.45, 2.75) is 51.6 Å². The fourth-order valence-electron chi connectivity index (χ4n) is 3.74. The Morgan fingerprint density at radius 3 is 2.38 bits per heavy atom. The molecule has 0 aliphatic rings. The Labute approximate surface area is 196 Å². The molecule has 10 heteroatoms. The van der Waals surface area contributed by atoms with Crippen molar-refractivity contribution in [3.63, 3.8) is 0 Å². The molecule has 3 aromatic rings. The van der Waals surface area contributed by atoms with Crippen LogP contribution in [0.1, 0.15) is 54.0 Å². The Balaban J connectivity index is 2.09. The average molecular weight is 494 g/mol. The molecule has 0 saturated carbocycles. The maximum absolute atomic E-state index is 13.1. The number of anilines is 1. The van der Waals surface area contributed by atoms with Gasteiger partial charge < -0.3 is 0 Å². The molecule has 0 unspecified atom stereocenters. The van der Waals surface area contributed by atoms with Gasteiger partial charge in [-0.05, 0) is 37.0 Å². The van der Waals surface area contributed by atoms with Crippen LogP contribution in [0.15, 0.2) is 48.5 Å². The van der Waals surface area contributed by atoms with E-state index in [0.29, 0.717) is 40.9 Å². The molecule has 3 rings (SSSR count). The molecule has 2 aromatic carbocycles. The zero-order valence-corrected chi connectivity index (χ0v) is 19.7. The van der Waals surface area contributed by atoms with Crippen molar-refractivity contribution in [3.8, 4) is 11.1 Å². The third kappa shape index (κ3) is 5.49. The number of hydrogen-bond donors (Lipinski definition) is 1. The van der Waals surface area contributed by atoms with Gasteiger partial charge in [0.05, 0.1) is 11.4 Å². The van der Waals surface area contributed by atoms with Crippen molar-refractivity contribution < 1.29 is 26.4 Å². The molecular formula is C24H26F3N3O3S. The van der Waals surface area contributed by atoms with E-state index in [-0.39, 0.29) is 12.1 Å². The SMILES string of the molecule is CCCCc1nn(CC)c(C=O)c1Cc1ccc(-c2ccccc2)c(NS(=O)(=O)C(F)(F)F)c1. The second kappa shape index (κ2) is 10.4. The van der Waals surface area contributed by atoms with E-state index >= 15 is 0 Å². The molecule has 1 heterocycles. The normalized spacial score (nSPS) is 12.0. The monoisotopic (exact) mass is 493 g/mol. The van der Waals surface area contributed by atoms with E-state index in [2.05, 4.69) is 5.10 Å². The van der Waals surface area contributed by atoms with Crippen LogP contribution in [0.25, 0.3) is 11.1 Å². The van der Waals surface area contributed by atoms with Crippen LogP contribution in [0.5, 0.6) is 0 Å². The van der Waals surface area contributed by atoms with Crippen LogP contribution in [0.4, 0.5) is 18.9 Å². The van der Waals surface area contributed by atoms with E-state index in [4.69, 9.17) is 0 Å².